The zero-order chi connectivity index (χ0) is 12.3. The Morgan fingerprint density at radius 3 is 2.82 bits per heavy atom. The van der Waals surface area contributed by atoms with Gasteiger partial charge in [0, 0.05) is 38.4 Å². The molecular weight excluding hydrogens is 218 g/mol. The predicted octanol–water partition coefficient (Wildman–Crippen LogP) is 1.59. The first-order valence-corrected chi connectivity index (χ1v) is 6.18. The molecule has 0 aliphatic carbocycles. The number of rotatable bonds is 4. The normalized spacial score (nSPS) is 17.4. The van der Waals surface area contributed by atoms with Gasteiger partial charge in [-0.05, 0) is 25.7 Å². The summed E-state index contributed by atoms with van der Waals surface area (Å²) in [6.07, 6.45) is 6.00. The number of carbonyl (C=O) groups is 1. The van der Waals surface area contributed by atoms with E-state index in [1.165, 1.54) is 0 Å². The van der Waals surface area contributed by atoms with Crippen LogP contribution in [0.1, 0.15) is 26.2 Å². The van der Waals surface area contributed by atoms with E-state index in [4.69, 9.17) is 5.11 Å². The lowest BCUT2D eigenvalue weighted by Gasteiger charge is -2.32. The Labute approximate surface area is 101 Å². The summed E-state index contributed by atoms with van der Waals surface area (Å²) >= 11 is 0. The number of hydrogen-bond donors (Lipinski definition) is 1. The molecule has 0 saturated carbocycles. The maximum Gasteiger partial charge on any atom is 0.303 e. The van der Waals surface area contributed by atoms with Gasteiger partial charge in [0.15, 0.2) is 0 Å². The van der Waals surface area contributed by atoms with Crippen molar-refractivity contribution < 1.29 is 9.90 Å². The molecule has 0 bridgehead atoms. The smallest absolute Gasteiger partial charge is 0.303 e. The van der Waals surface area contributed by atoms with Crippen molar-refractivity contribution in [2.24, 2.45) is 5.92 Å². The highest BCUT2D eigenvalue weighted by Crippen LogP contribution is 2.24. The zero-order valence-corrected chi connectivity index (χ0v) is 10.2. The monoisotopic (exact) mass is 237 g/mol. The number of carboxylic acids is 1. The number of anilines is 1. The van der Waals surface area contributed by atoms with Crippen molar-refractivity contribution in [2.75, 3.05) is 18.0 Å². The molecule has 0 aromatic carbocycles. The van der Waals surface area contributed by atoms with Crippen molar-refractivity contribution in [1.29, 1.82) is 0 Å². The Morgan fingerprint density at radius 1 is 1.53 bits per heavy atom. The molecular formula is C12H19N3O2. The molecule has 1 aliphatic heterocycles. The molecule has 5 nitrogen and oxygen atoms in total. The SMILES string of the molecule is CCn1ccnc1N1CCC(CC(=O)O)CC1. The molecule has 1 saturated heterocycles. The first-order valence-electron chi connectivity index (χ1n) is 6.18. The Morgan fingerprint density at radius 2 is 2.24 bits per heavy atom. The maximum atomic E-state index is 10.6. The molecule has 0 spiro atoms. The topological polar surface area (TPSA) is 58.4 Å². The summed E-state index contributed by atoms with van der Waals surface area (Å²) in [5.41, 5.74) is 0. The van der Waals surface area contributed by atoms with E-state index in [0.717, 1.165) is 38.4 Å². The number of aryl methyl sites for hydroxylation is 1. The molecule has 2 heterocycles. The average molecular weight is 237 g/mol. The van der Waals surface area contributed by atoms with Crippen LogP contribution in [0.4, 0.5) is 5.95 Å². The first kappa shape index (κ1) is 12.0. The lowest BCUT2D eigenvalue weighted by molar-refractivity contribution is -0.138. The van der Waals surface area contributed by atoms with Crippen molar-refractivity contribution in [3.8, 4) is 0 Å². The Balaban J connectivity index is 1.93. The summed E-state index contributed by atoms with van der Waals surface area (Å²) in [4.78, 5) is 17.3. The molecule has 1 fully saturated rings. The van der Waals surface area contributed by atoms with Crippen LogP contribution in [0.2, 0.25) is 0 Å². The third-order valence-corrected chi connectivity index (χ3v) is 3.39. The first-order chi connectivity index (χ1) is 8.20. The van der Waals surface area contributed by atoms with E-state index in [1.807, 2.05) is 12.4 Å². The Kier molecular flexibility index (Phi) is 3.66. The zero-order valence-electron chi connectivity index (χ0n) is 10.2. The molecule has 1 aromatic rings. The summed E-state index contributed by atoms with van der Waals surface area (Å²) < 4.78 is 2.12. The van der Waals surface area contributed by atoms with Crippen LogP contribution >= 0.6 is 0 Å². The van der Waals surface area contributed by atoms with Crippen molar-refractivity contribution in [2.45, 2.75) is 32.7 Å². The van der Waals surface area contributed by atoms with Gasteiger partial charge in [0.1, 0.15) is 0 Å². The van der Waals surface area contributed by atoms with Gasteiger partial charge in [0.05, 0.1) is 0 Å². The van der Waals surface area contributed by atoms with Gasteiger partial charge >= 0.3 is 5.97 Å². The lowest BCUT2D eigenvalue weighted by atomic mass is 9.94. The van der Waals surface area contributed by atoms with Crippen LogP contribution in [-0.4, -0.2) is 33.7 Å². The lowest BCUT2D eigenvalue weighted by Crippen LogP contribution is -2.36. The molecule has 17 heavy (non-hydrogen) atoms. The second-order valence-electron chi connectivity index (χ2n) is 4.54. The highest BCUT2D eigenvalue weighted by molar-refractivity contribution is 5.67. The van der Waals surface area contributed by atoms with Gasteiger partial charge in [-0.1, -0.05) is 0 Å². The van der Waals surface area contributed by atoms with Crippen molar-refractivity contribution in [3.63, 3.8) is 0 Å². The van der Waals surface area contributed by atoms with E-state index in [2.05, 4.69) is 21.4 Å². The van der Waals surface area contributed by atoms with Crippen LogP contribution in [-0.2, 0) is 11.3 Å². The van der Waals surface area contributed by atoms with Gasteiger partial charge in [0.25, 0.3) is 0 Å². The number of aromatic nitrogens is 2. The number of piperidine rings is 1. The van der Waals surface area contributed by atoms with E-state index < -0.39 is 5.97 Å². The molecule has 0 radical (unpaired) electrons. The van der Waals surface area contributed by atoms with Gasteiger partial charge in [-0.25, -0.2) is 4.98 Å². The Bertz CT molecular complexity index is 381. The van der Waals surface area contributed by atoms with E-state index in [-0.39, 0.29) is 0 Å². The van der Waals surface area contributed by atoms with Crippen molar-refractivity contribution in [1.82, 2.24) is 9.55 Å². The van der Waals surface area contributed by atoms with Crippen LogP contribution in [0.25, 0.3) is 0 Å². The molecule has 94 valence electrons. The average Bonchev–Trinajstić information content (AvgIpc) is 2.77. The molecule has 2 rings (SSSR count). The minimum Gasteiger partial charge on any atom is -0.481 e. The van der Waals surface area contributed by atoms with Gasteiger partial charge in [-0.15, -0.1) is 0 Å². The summed E-state index contributed by atoms with van der Waals surface area (Å²) in [6, 6.07) is 0. The molecule has 0 amide bonds. The number of nitrogens with zero attached hydrogens (tertiary/aromatic N) is 3. The third kappa shape index (κ3) is 2.78. The van der Waals surface area contributed by atoms with Crippen molar-refractivity contribution in [3.05, 3.63) is 12.4 Å². The molecule has 0 unspecified atom stereocenters. The second-order valence-corrected chi connectivity index (χ2v) is 4.54. The van der Waals surface area contributed by atoms with Gasteiger partial charge in [0.2, 0.25) is 5.95 Å². The van der Waals surface area contributed by atoms with Crippen LogP contribution in [0, 0.1) is 5.92 Å². The quantitative estimate of drug-likeness (QED) is 0.864. The minimum atomic E-state index is -0.682. The van der Waals surface area contributed by atoms with Crippen LogP contribution in [0.5, 0.6) is 0 Å². The summed E-state index contributed by atoms with van der Waals surface area (Å²) in [6.45, 7) is 4.84. The fourth-order valence-electron chi connectivity index (χ4n) is 2.42. The third-order valence-electron chi connectivity index (χ3n) is 3.39. The molecule has 1 aliphatic rings. The number of aliphatic carboxylic acids is 1. The molecule has 1 N–H and O–H groups in total. The summed E-state index contributed by atoms with van der Waals surface area (Å²) in [5.74, 6) is 0.661. The van der Waals surface area contributed by atoms with Gasteiger partial charge < -0.3 is 14.6 Å². The largest absolute Gasteiger partial charge is 0.481 e. The number of imidazole rings is 1. The fourth-order valence-corrected chi connectivity index (χ4v) is 2.42. The standard InChI is InChI=1S/C12H19N3O2/c1-2-14-8-5-13-12(14)15-6-3-10(4-7-15)9-11(16)17/h5,8,10H,2-4,6-7,9H2,1H3,(H,16,17). The maximum absolute atomic E-state index is 10.6. The molecule has 0 atom stereocenters. The van der Waals surface area contributed by atoms with E-state index in [9.17, 15) is 4.79 Å². The highest BCUT2D eigenvalue weighted by Gasteiger charge is 2.23. The number of carboxylic acid groups (broad SMARTS) is 1. The van der Waals surface area contributed by atoms with Crippen LogP contribution in [0.15, 0.2) is 12.4 Å². The van der Waals surface area contributed by atoms with Gasteiger partial charge in [-0.3, -0.25) is 4.79 Å². The van der Waals surface area contributed by atoms with Crippen molar-refractivity contribution >= 4 is 11.9 Å². The summed E-state index contributed by atoms with van der Waals surface area (Å²) in [7, 11) is 0. The van der Waals surface area contributed by atoms with Crippen LogP contribution < -0.4 is 4.90 Å². The fraction of sp³-hybridized carbons (Fsp3) is 0.667. The second kappa shape index (κ2) is 5.21. The van der Waals surface area contributed by atoms with E-state index in [1.54, 1.807) is 0 Å². The van der Waals surface area contributed by atoms with Crippen LogP contribution in [0.3, 0.4) is 0 Å². The Hall–Kier alpha value is -1.52. The predicted molar refractivity (Wildman–Crippen MR) is 65.1 cm³/mol. The van der Waals surface area contributed by atoms with Gasteiger partial charge in [-0.2, -0.15) is 0 Å². The highest BCUT2D eigenvalue weighted by atomic mass is 16.4. The molecule has 5 heteroatoms. The van der Waals surface area contributed by atoms with E-state index in [0.29, 0.717) is 12.3 Å². The minimum absolute atomic E-state index is 0.302. The number of hydrogen-bond acceptors (Lipinski definition) is 3. The molecule has 1 aromatic heterocycles. The summed E-state index contributed by atoms with van der Waals surface area (Å²) in [5, 5.41) is 8.77. The van der Waals surface area contributed by atoms with E-state index >= 15 is 0 Å².